The van der Waals surface area contributed by atoms with E-state index >= 15 is 0 Å². The summed E-state index contributed by atoms with van der Waals surface area (Å²) in [4.78, 5) is 41.1. The van der Waals surface area contributed by atoms with Crippen molar-refractivity contribution >= 4 is 40.1 Å². The molecule has 0 saturated heterocycles. The van der Waals surface area contributed by atoms with Crippen LogP contribution in [0.5, 0.6) is 0 Å². The molecule has 3 rings (SSSR count). The summed E-state index contributed by atoms with van der Waals surface area (Å²) in [5.41, 5.74) is 3.30. The number of hydrogen-bond acceptors (Lipinski definition) is 5. The fourth-order valence-electron chi connectivity index (χ4n) is 3.18. The molecule has 0 aliphatic carbocycles. The number of rotatable bonds is 7. The van der Waals surface area contributed by atoms with Crippen molar-refractivity contribution in [3.05, 3.63) is 64.8 Å². The quantitative estimate of drug-likeness (QED) is 0.483. The molecule has 7 nitrogen and oxygen atoms in total. The maximum Gasteiger partial charge on any atom is 0.253 e. The van der Waals surface area contributed by atoms with Gasteiger partial charge in [-0.2, -0.15) is 0 Å². The van der Waals surface area contributed by atoms with Gasteiger partial charge in [-0.3, -0.25) is 14.4 Å². The van der Waals surface area contributed by atoms with Gasteiger partial charge in [0, 0.05) is 34.4 Å². The average Bonchev–Trinajstić information content (AvgIpc) is 3.42. The third-order valence-corrected chi connectivity index (χ3v) is 5.72. The Morgan fingerprint density at radius 1 is 1.18 bits per heavy atom. The van der Waals surface area contributed by atoms with Crippen LogP contribution in [0.3, 0.4) is 0 Å². The summed E-state index contributed by atoms with van der Waals surface area (Å²) in [6.45, 7) is 9.40. The summed E-state index contributed by atoms with van der Waals surface area (Å²) in [5.74, 6) is -0.708. The van der Waals surface area contributed by atoms with Crippen molar-refractivity contribution in [3.63, 3.8) is 0 Å². The smallest absolute Gasteiger partial charge is 0.253 e. The molecule has 2 amide bonds. The molecule has 172 valence electrons. The number of anilines is 1. The molecular weight excluding hydrogens is 436 g/mol. The molecule has 0 radical (unpaired) electrons. The maximum atomic E-state index is 12.3. The first-order valence-electron chi connectivity index (χ1n) is 10.6. The largest absolute Gasteiger partial charge is 0.348 e. The molecule has 2 aromatic heterocycles. The van der Waals surface area contributed by atoms with E-state index in [1.807, 2.05) is 74.2 Å². The number of aromatic nitrogens is 2. The average molecular weight is 465 g/mol. The molecule has 0 aliphatic rings. The Balaban J connectivity index is 1.62. The second kappa shape index (κ2) is 9.95. The molecule has 1 aromatic carbocycles. The van der Waals surface area contributed by atoms with Gasteiger partial charge in [-0.05, 0) is 52.3 Å². The van der Waals surface area contributed by atoms with Crippen LogP contribution < -0.4 is 10.6 Å². The highest BCUT2D eigenvalue weighted by molar-refractivity contribution is 7.14. The number of thiazole rings is 1. The molecule has 0 aliphatic heterocycles. The molecule has 0 spiro atoms. The van der Waals surface area contributed by atoms with Gasteiger partial charge in [0.2, 0.25) is 5.91 Å². The van der Waals surface area contributed by atoms with Crippen LogP contribution >= 0.6 is 11.3 Å². The molecule has 0 bridgehead atoms. The monoisotopic (exact) mass is 464 g/mol. The minimum Gasteiger partial charge on any atom is -0.348 e. The third-order valence-electron chi connectivity index (χ3n) is 4.96. The zero-order valence-corrected chi connectivity index (χ0v) is 20.2. The Bertz CT molecular complexity index is 1210. The molecule has 8 heteroatoms. The Morgan fingerprint density at radius 3 is 2.58 bits per heavy atom. The predicted octanol–water partition coefficient (Wildman–Crippen LogP) is 4.97. The lowest BCUT2D eigenvalue weighted by molar-refractivity contribution is -0.115. The number of allylic oxidation sites excluding steroid dienone is 1. The van der Waals surface area contributed by atoms with Gasteiger partial charge in [0.05, 0.1) is 17.8 Å². The van der Waals surface area contributed by atoms with Crippen LogP contribution in [-0.4, -0.2) is 33.7 Å². The van der Waals surface area contributed by atoms with Gasteiger partial charge in [0.15, 0.2) is 10.9 Å². The van der Waals surface area contributed by atoms with Gasteiger partial charge in [0.1, 0.15) is 0 Å². The minimum absolute atomic E-state index is 0.0257. The fourth-order valence-corrected chi connectivity index (χ4v) is 3.92. The Labute approximate surface area is 197 Å². The van der Waals surface area contributed by atoms with Crippen molar-refractivity contribution in [2.75, 3.05) is 11.9 Å². The number of amides is 2. The number of carbonyl (C=O) groups excluding carboxylic acids is 3. The topological polar surface area (TPSA) is 93.1 Å². The molecule has 0 saturated carbocycles. The Morgan fingerprint density at radius 2 is 1.94 bits per heavy atom. The van der Waals surface area contributed by atoms with E-state index in [1.165, 1.54) is 18.3 Å². The van der Waals surface area contributed by atoms with Crippen LogP contribution in [-0.2, 0) is 10.3 Å². The van der Waals surface area contributed by atoms with E-state index in [4.69, 9.17) is 0 Å². The van der Waals surface area contributed by atoms with Crippen molar-refractivity contribution < 1.29 is 14.4 Å². The highest BCUT2D eigenvalue weighted by atomic mass is 32.1. The summed E-state index contributed by atoms with van der Waals surface area (Å²) in [6, 6.07) is 7.31. The molecule has 2 heterocycles. The number of hydrogen-bond donors (Lipinski definition) is 2. The highest BCUT2D eigenvalue weighted by Gasteiger charge is 2.16. The van der Waals surface area contributed by atoms with E-state index in [-0.39, 0.29) is 29.7 Å². The van der Waals surface area contributed by atoms with Gasteiger partial charge >= 0.3 is 0 Å². The van der Waals surface area contributed by atoms with E-state index in [9.17, 15) is 14.4 Å². The van der Waals surface area contributed by atoms with E-state index in [1.54, 1.807) is 12.3 Å². The minimum atomic E-state index is -0.368. The van der Waals surface area contributed by atoms with Crippen LogP contribution in [0.15, 0.2) is 48.1 Å². The summed E-state index contributed by atoms with van der Waals surface area (Å²) >= 11 is 1.28. The Hall–Kier alpha value is -3.52. The second-order valence-electron chi connectivity index (χ2n) is 8.61. The van der Waals surface area contributed by atoms with E-state index in [0.29, 0.717) is 22.0 Å². The van der Waals surface area contributed by atoms with Crippen molar-refractivity contribution in [1.29, 1.82) is 0 Å². The number of nitrogens with one attached hydrogen (secondary N) is 2. The molecule has 2 N–H and O–H groups in total. The first kappa shape index (κ1) is 24.1. The SMILES string of the molecule is C/C=C\c1ccc(-c2csc(NC(=O)CNC(=O)c3ccn(C(C)(C)C)c3)n2)cc1C(C)=O. The second-order valence-corrected chi connectivity index (χ2v) is 9.46. The maximum absolute atomic E-state index is 12.3. The number of ketones is 1. The van der Waals surface area contributed by atoms with Crippen molar-refractivity contribution in [3.8, 4) is 11.3 Å². The number of nitrogens with zero attached hydrogens (tertiary/aromatic N) is 2. The van der Waals surface area contributed by atoms with Gasteiger partial charge in [-0.1, -0.05) is 24.3 Å². The van der Waals surface area contributed by atoms with Gasteiger partial charge in [0.25, 0.3) is 5.91 Å². The molecule has 0 atom stereocenters. The third kappa shape index (κ3) is 6.04. The zero-order chi connectivity index (χ0) is 24.2. The lowest BCUT2D eigenvalue weighted by Gasteiger charge is -2.20. The summed E-state index contributed by atoms with van der Waals surface area (Å²) in [5, 5.41) is 7.58. The van der Waals surface area contributed by atoms with E-state index < -0.39 is 0 Å². The fraction of sp³-hybridized carbons (Fsp3) is 0.280. The summed E-state index contributed by atoms with van der Waals surface area (Å²) in [7, 11) is 0. The molecule has 3 aromatic rings. The van der Waals surface area contributed by atoms with Gasteiger partial charge in [-0.25, -0.2) is 4.98 Å². The van der Waals surface area contributed by atoms with Crippen molar-refractivity contribution in [1.82, 2.24) is 14.9 Å². The molecule has 0 unspecified atom stereocenters. The Kier molecular flexibility index (Phi) is 7.28. The zero-order valence-electron chi connectivity index (χ0n) is 19.4. The first-order chi connectivity index (χ1) is 15.6. The van der Waals surface area contributed by atoms with Crippen LogP contribution in [0.25, 0.3) is 17.3 Å². The molecule has 33 heavy (non-hydrogen) atoms. The highest BCUT2D eigenvalue weighted by Crippen LogP contribution is 2.27. The van der Waals surface area contributed by atoms with Crippen LogP contribution in [0.2, 0.25) is 0 Å². The van der Waals surface area contributed by atoms with Crippen LogP contribution in [0.1, 0.15) is 60.9 Å². The van der Waals surface area contributed by atoms with E-state index in [0.717, 1.165) is 11.1 Å². The summed E-state index contributed by atoms with van der Waals surface area (Å²) < 4.78 is 1.95. The normalized spacial score (nSPS) is 11.5. The summed E-state index contributed by atoms with van der Waals surface area (Å²) in [6.07, 6.45) is 7.38. The number of carbonyl (C=O) groups is 3. The van der Waals surface area contributed by atoms with Gasteiger partial charge < -0.3 is 15.2 Å². The lowest BCUT2D eigenvalue weighted by Crippen LogP contribution is -2.32. The van der Waals surface area contributed by atoms with Gasteiger partial charge in [-0.15, -0.1) is 11.3 Å². The first-order valence-corrected chi connectivity index (χ1v) is 11.5. The predicted molar refractivity (Wildman–Crippen MR) is 133 cm³/mol. The van der Waals surface area contributed by atoms with Crippen LogP contribution in [0, 0.1) is 0 Å². The van der Waals surface area contributed by atoms with Crippen molar-refractivity contribution in [2.45, 2.75) is 40.2 Å². The van der Waals surface area contributed by atoms with E-state index in [2.05, 4.69) is 15.6 Å². The molecular formula is C25H28N4O3S. The number of Topliss-reactive ketones (excluding diaryl/α,β-unsaturated/α-hetero) is 1. The molecule has 0 fully saturated rings. The number of benzene rings is 1. The lowest BCUT2D eigenvalue weighted by atomic mass is 9.99. The standard InChI is InChI=1S/C25H28N4O3S/c1-6-7-17-8-9-18(12-20(17)16(2)30)21-15-33-24(27-21)28-22(31)13-26-23(32)19-10-11-29(14-19)25(3,4)5/h6-12,14-15H,13H2,1-5H3,(H,26,32)(H,27,28,31)/b7-6-. The van der Waals surface area contributed by atoms with Crippen LogP contribution in [0.4, 0.5) is 5.13 Å². The van der Waals surface area contributed by atoms with Crippen molar-refractivity contribution in [2.24, 2.45) is 0 Å².